The first kappa shape index (κ1) is 10.9. The molecule has 1 fully saturated rings. The van der Waals surface area contributed by atoms with Crippen molar-refractivity contribution in [2.75, 3.05) is 13.1 Å². The number of nitrogens with zero attached hydrogens (tertiary/aromatic N) is 2. The number of hydrogen-bond donors (Lipinski definition) is 0. The van der Waals surface area contributed by atoms with Gasteiger partial charge >= 0.3 is 0 Å². The van der Waals surface area contributed by atoms with Crippen LogP contribution in [-0.2, 0) is 0 Å². The Morgan fingerprint density at radius 2 is 2.00 bits per heavy atom. The first-order valence-electron chi connectivity index (χ1n) is 4.69. The van der Waals surface area contributed by atoms with Crippen LogP contribution in [0.2, 0.25) is 0 Å². The molecule has 0 N–H and O–H groups in total. The molecule has 0 radical (unpaired) electrons. The Kier molecular flexibility index (Phi) is 3.62. The van der Waals surface area contributed by atoms with E-state index in [1.165, 1.54) is 0 Å². The van der Waals surface area contributed by atoms with Crippen molar-refractivity contribution in [3.05, 3.63) is 0 Å². The van der Waals surface area contributed by atoms with Crippen LogP contribution in [0.25, 0.3) is 0 Å². The highest BCUT2D eigenvalue weighted by molar-refractivity contribution is 7.82. The number of rotatable bonds is 3. The summed E-state index contributed by atoms with van der Waals surface area (Å²) in [7, 11) is 0. The van der Waals surface area contributed by atoms with Crippen LogP contribution in [0.1, 0.15) is 27.2 Å². The molecule has 0 saturated carbocycles. The van der Waals surface area contributed by atoms with E-state index in [-0.39, 0.29) is 0 Å². The molecule has 4 heteroatoms. The van der Waals surface area contributed by atoms with E-state index in [9.17, 15) is 0 Å². The Morgan fingerprint density at radius 3 is 2.38 bits per heavy atom. The van der Waals surface area contributed by atoms with E-state index >= 15 is 0 Å². The highest BCUT2D eigenvalue weighted by Gasteiger charge is 2.30. The van der Waals surface area contributed by atoms with Gasteiger partial charge < -0.3 is 9.80 Å². The lowest BCUT2D eigenvalue weighted by atomic mass is 10.3. The third kappa shape index (κ3) is 2.17. The third-order valence-corrected chi connectivity index (χ3v) is 2.86. The lowest BCUT2D eigenvalue weighted by molar-refractivity contribution is 0.450. The molecule has 0 aromatic rings. The monoisotopic (exact) mass is 216 g/mol. The maximum Gasteiger partial charge on any atom is 0.177 e. The largest absolute Gasteiger partial charge is 0.342 e. The van der Waals surface area contributed by atoms with Crippen molar-refractivity contribution in [2.24, 2.45) is 0 Å². The predicted octanol–water partition coefficient (Wildman–Crippen LogP) is 2.03. The van der Waals surface area contributed by atoms with Gasteiger partial charge in [0.2, 0.25) is 0 Å². The van der Waals surface area contributed by atoms with Crippen molar-refractivity contribution in [1.29, 1.82) is 0 Å². The average Bonchev–Trinajstić information content (AvgIpc) is 2.28. The van der Waals surface area contributed by atoms with Crippen LogP contribution in [-0.4, -0.2) is 39.0 Å². The predicted molar refractivity (Wildman–Crippen MR) is 64.0 cm³/mol. The fraction of sp³-hybridized carbons (Fsp3) is 0.778. The second-order valence-corrected chi connectivity index (χ2v) is 4.40. The zero-order valence-corrected chi connectivity index (χ0v) is 10.0. The molecule has 0 atom stereocenters. The molecule has 0 amide bonds. The Balaban J connectivity index is 2.70. The van der Waals surface area contributed by atoms with Gasteiger partial charge in [-0.05, 0) is 32.5 Å². The van der Waals surface area contributed by atoms with Gasteiger partial charge in [-0.15, -0.1) is 0 Å². The van der Waals surface area contributed by atoms with E-state index in [2.05, 4.69) is 30.6 Å². The molecule has 1 saturated heterocycles. The Morgan fingerprint density at radius 1 is 1.38 bits per heavy atom. The summed E-state index contributed by atoms with van der Waals surface area (Å²) in [5.41, 5.74) is 0. The topological polar surface area (TPSA) is 6.48 Å². The van der Waals surface area contributed by atoms with Crippen molar-refractivity contribution in [2.45, 2.75) is 33.2 Å². The summed E-state index contributed by atoms with van der Waals surface area (Å²) in [5.74, 6) is 0. The summed E-state index contributed by atoms with van der Waals surface area (Å²) in [6.45, 7) is 8.24. The smallest absolute Gasteiger partial charge is 0.177 e. The van der Waals surface area contributed by atoms with Gasteiger partial charge in [0.25, 0.3) is 0 Å². The van der Waals surface area contributed by atoms with E-state index < -0.39 is 0 Å². The second-order valence-electron chi connectivity index (χ2n) is 3.56. The molecule has 74 valence electrons. The van der Waals surface area contributed by atoms with Crippen LogP contribution in [0.15, 0.2) is 0 Å². The summed E-state index contributed by atoms with van der Waals surface area (Å²) in [4.78, 5) is 5.21. The standard InChI is InChI=1S/C9H16N2S2/c1-4-5-10-6-8(12)11(7(2)3)9(10)13/h7H,4-6H2,1-3H3. The summed E-state index contributed by atoms with van der Waals surface area (Å²) < 4.78 is 0. The van der Waals surface area contributed by atoms with Crippen molar-refractivity contribution >= 4 is 34.5 Å². The lowest BCUT2D eigenvalue weighted by Crippen LogP contribution is -2.37. The van der Waals surface area contributed by atoms with E-state index in [0.717, 1.165) is 29.6 Å². The molecule has 0 aromatic heterocycles. The molecule has 0 bridgehead atoms. The quantitative estimate of drug-likeness (QED) is 0.666. The zero-order chi connectivity index (χ0) is 10.0. The molecule has 1 aliphatic rings. The average molecular weight is 216 g/mol. The minimum atomic E-state index is 0.391. The Bertz CT molecular complexity index is 226. The van der Waals surface area contributed by atoms with E-state index in [1.807, 2.05) is 0 Å². The highest BCUT2D eigenvalue weighted by Crippen LogP contribution is 2.15. The van der Waals surface area contributed by atoms with Crippen LogP contribution < -0.4 is 0 Å². The molecule has 0 aliphatic carbocycles. The van der Waals surface area contributed by atoms with E-state index in [4.69, 9.17) is 24.4 Å². The van der Waals surface area contributed by atoms with Crippen LogP contribution in [0.5, 0.6) is 0 Å². The molecule has 1 aliphatic heterocycles. The Hall–Kier alpha value is -0.220. The highest BCUT2D eigenvalue weighted by atomic mass is 32.1. The van der Waals surface area contributed by atoms with Crippen LogP contribution in [0.3, 0.4) is 0 Å². The Labute approximate surface area is 90.9 Å². The van der Waals surface area contributed by atoms with Crippen LogP contribution >= 0.6 is 24.4 Å². The van der Waals surface area contributed by atoms with E-state index in [0.29, 0.717) is 6.04 Å². The van der Waals surface area contributed by atoms with Gasteiger partial charge in [-0.1, -0.05) is 19.1 Å². The molecule has 0 unspecified atom stereocenters. The van der Waals surface area contributed by atoms with Crippen molar-refractivity contribution in [1.82, 2.24) is 9.80 Å². The SMILES string of the molecule is CCCN1CC(=S)N(C(C)C)C1=S. The van der Waals surface area contributed by atoms with Gasteiger partial charge in [-0.3, -0.25) is 0 Å². The molecule has 1 heterocycles. The van der Waals surface area contributed by atoms with Gasteiger partial charge in [-0.25, -0.2) is 0 Å². The summed E-state index contributed by atoms with van der Waals surface area (Å²) in [5, 5.41) is 0.904. The molecule has 13 heavy (non-hydrogen) atoms. The first-order chi connectivity index (χ1) is 6.07. The molecule has 2 nitrogen and oxygen atoms in total. The van der Waals surface area contributed by atoms with Crippen LogP contribution in [0, 0.1) is 0 Å². The summed E-state index contributed by atoms with van der Waals surface area (Å²) in [6, 6.07) is 0.391. The van der Waals surface area contributed by atoms with E-state index in [1.54, 1.807) is 0 Å². The van der Waals surface area contributed by atoms with Crippen molar-refractivity contribution in [3.8, 4) is 0 Å². The fourth-order valence-electron chi connectivity index (χ4n) is 1.52. The molecular weight excluding hydrogens is 200 g/mol. The van der Waals surface area contributed by atoms with Gasteiger partial charge in [0, 0.05) is 12.6 Å². The fourth-order valence-corrected chi connectivity index (χ4v) is 2.51. The molecule has 0 aromatic carbocycles. The minimum absolute atomic E-state index is 0.391. The second kappa shape index (κ2) is 4.33. The molecular formula is C9H16N2S2. The number of hydrogen-bond acceptors (Lipinski definition) is 2. The van der Waals surface area contributed by atoms with Crippen molar-refractivity contribution < 1.29 is 0 Å². The van der Waals surface area contributed by atoms with Crippen molar-refractivity contribution in [3.63, 3.8) is 0 Å². The third-order valence-electron chi connectivity index (χ3n) is 2.08. The number of thiocarbonyl (C=S) groups is 2. The molecule has 1 rings (SSSR count). The van der Waals surface area contributed by atoms with Crippen LogP contribution in [0.4, 0.5) is 0 Å². The summed E-state index contributed by atoms with van der Waals surface area (Å²) >= 11 is 10.6. The normalized spacial score (nSPS) is 17.8. The van der Waals surface area contributed by atoms with Gasteiger partial charge in [-0.2, -0.15) is 0 Å². The molecule has 0 spiro atoms. The lowest BCUT2D eigenvalue weighted by Gasteiger charge is -2.23. The maximum absolute atomic E-state index is 5.34. The van der Waals surface area contributed by atoms with Gasteiger partial charge in [0.05, 0.1) is 6.54 Å². The van der Waals surface area contributed by atoms with Gasteiger partial charge in [0.15, 0.2) is 5.11 Å². The summed E-state index contributed by atoms with van der Waals surface area (Å²) in [6.07, 6.45) is 1.12. The van der Waals surface area contributed by atoms with Gasteiger partial charge in [0.1, 0.15) is 4.99 Å². The zero-order valence-electron chi connectivity index (χ0n) is 8.41. The minimum Gasteiger partial charge on any atom is -0.342 e. The first-order valence-corrected chi connectivity index (χ1v) is 5.50. The maximum atomic E-state index is 5.34.